The quantitative estimate of drug-likeness (QED) is 0.789. The number of rotatable bonds is 7. The fourth-order valence-electron chi connectivity index (χ4n) is 3.01. The number of hydrogen-bond acceptors (Lipinski definition) is 2. The lowest BCUT2D eigenvalue weighted by Gasteiger charge is -2.21. The van der Waals surface area contributed by atoms with E-state index in [1.807, 2.05) is 0 Å². The van der Waals surface area contributed by atoms with Crippen LogP contribution < -0.4 is 10.1 Å². The van der Waals surface area contributed by atoms with E-state index in [0.29, 0.717) is 6.04 Å². The molecule has 1 aromatic carbocycles. The van der Waals surface area contributed by atoms with E-state index in [0.717, 1.165) is 31.2 Å². The second-order valence-corrected chi connectivity index (χ2v) is 5.52. The van der Waals surface area contributed by atoms with Crippen molar-refractivity contribution in [3.05, 3.63) is 29.8 Å². The molecule has 1 saturated carbocycles. The van der Waals surface area contributed by atoms with E-state index >= 15 is 0 Å². The summed E-state index contributed by atoms with van der Waals surface area (Å²) in [5.74, 6) is 1.84. The van der Waals surface area contributed by atoms with Crippen LogP contribution in [0.15, 0.2) is 24.3 Å². The molecule has 0 aliphatic heterocycles. The highest BCUT2D eigenvalue weighted by molar-refractivity contribution is 5.36. The van der Waals surface area contributed by atoms with Crippen molar-refractivity contribution in [1.82, 2.24) is 5.32 Å². The Morgan fingerprint density at radius 1 is 1.21 bits per heavy atom. The molecule has 1 fully saturated rings. The Balaban J connectivity index is 2.01. The predicted molar refractivity (Wildman–Crippen MR) is 80.6 cm³/mol. The van der Waals surface area contributed by atoms with Gasteiger partial charge in [-0.15, -0.1) is 0 Å². The van der Waals surface area contributed by atoms with Crippen molar-refractivity contribution in [3.63, 3.8) is 0 Å². The molecule has 2 rings (SSSR count). The summed E-state index contributed by atoms with van der Waals surface area (Å²) in [6.07, 6.45) is 6.53. The number of ether oxygens (including phenoxy) is 1. The van der Waals surface area contributed by atoms with Crippen LogP contribution in [0, 0.1) is 5.92 Å². The maximum atomic E-state index is 6.11. The number of nitrogens with one attached hydrogen (secondary N) is 1. The van der Waals surface area contributed by atoms with Gasteiger partial charge in [-0.05, 0) is 37.8 Å². The van der Waals surface area contributed by atoms with Crippen molar-refractivity contribution in [2.24, 2.45) is 5.92 Å². The second-order valence-electron chi connectivity index (χ2n) is 5.52. The minimum Gasteiger partial charge on any atom is -0.493 e. The first-order chi connectivity index (χ1) is 9.35. The molecule has 0 radical (unpaired) electrons. The van der Waals surface area contributed by atoms with Gasteiger partial charge in [0.05, 0.1) is 6.61 Å². The van der Waals surface area contributed by atoms with Gasteiger partial charge in [0.1, 0.15) is 5.75 Å². The molecule has 1 aromatic rings. The molecule has 2 heteroatoms. The molecule has 1 atom stereocenters. The third-order valence-corrected chi connectivity index (χ3v) is 4.10. The van der Waals surface area contributed by atoms with Gasteiger partial charge >= 0.3 is 0 Å². The summed E-state index contributed by atoms with van der Waals surface area (Å²) >= 11 is 0. The van der Waals surface area contributed by atoms with E-state index < -0.39 is 0 Å². The van der Waals surface area contributed by atoms with Crippen LogP contribution in [-0.2, 0) is 0 Å². The smallest absolute Gasteiger partial charge is 0.124 e. The molecule has 0 saturated heterocycles. The van der Waals surface area contributed by atoms with Crippen LogP contribution in [0.2, 0.25) is 0 Å². The molecule has 1 N–H and O–H groups in total. The molecule has 106 valence electrons. The molecule has 0 heterocycles. The van der Waals surface area contributed by atoms with E-state index in [-0.39, 0.29) is 0 Å². The zero-order chi connectivity index (χ0) is 13.5. The molecule has 0 amide bonds. The average Bonchev–Trinajstić information content (AvgIpc) is 2.96. The Morgan fingerprint density at radius 3 is 2.63 bits per heavy atom. The fraction of sp³-hybridized carbons (Fsp3) is 0.647. The number of hydrogen-bond donors (Lipinski definition) is 1. The average molecular weight is 261 g/mol. The first kappa shape index (κ1) is 14.4. The Kier molecular flexibility index (Phi) is 5.71. The molecule has 19 heavy (non-hydrogen) atoms. The molecule has 0 bridgehead atoms. The summed E-state index contributed by atoms with van der Waals surface area (Å²) in [5.41, 5.74) is 1.31. The molecule has 1 aliphatic rings. The van der Waals surface area contributed by atoms with Crippen LogP contribution in [0.5, 0.6) is 5.75 Å². The van der Waals surface area contributed by atoms with E-state index in [1.54, 1.807) is 0 Å². The van der Waals surface area contributed by atoms with Crippen molar-refractivity contribution in [1.29, 1.82) is 0 Å². The molecule has 1 aliphatic carbocycles. The maximum absolute atomic E-state index is 6.11. The predicted octanol–water partition coefficient (Wildman–Crippen LogP) is 4.32. The standard InChI is InChI=1S/C17H27NO/c1-3-16(18-4-2)15-11-7-8-12-17(15)19-13-14-9-5-6-10-14/h7-8,11-12,14,16,18H,3-6,9-10,13H2,1-2H3. The van der Waals surface area contributed by atoms with Gasteiger partial charge in [0.15, 0.2) is 0 Å². The van der Waals surface area contributed by atoms with Crippen molar-refractivity contribution in [2.75, 3.05) is 13.2 Å². The summed E-state index contributed by atoms with van der Waals surface area (Å²) in [7, 11) is 0. The lowest BCUT2D eigenvalue weighted by atomic mass is 10.0. The summed E-state index contributed by atoms with van der Waals surface area (Å²) < 4.78 is 6.11. The van der Waals surface area contributed by atoms with Crippen molar-refractivity contribution in [3.8, 4) is 5.75 Å². The van der Waals surface area contributed by atoms with E-state index in [1.165, 1.54) is 31.2 Å². The molecule has 1 unspecified atom stereocenters. The lowest BCUT2D eigenvalue weighted by molar-refractivity contribution is 0.247. The van der Waals surface area contributed by atoms with Crippen LogP contribution in [0.3, 0.4) is 0 Å². The number of para-hydroxylation sites is 1. The summed E-state index contributed by atoms with van der Waals surface area (Å²) in [6, 6.07) is 8.90. The monoisotopic (exact) mass is 261 g/mol. The Morgan fingerprint density at radius 2 is 1.95 bits per heavy atom. The second kappa shape index (κ2) is 7.54. The van der Waals surface area contributed by atoms with Gasteiger partial charge in [-0.1, -0.05) is 44.9 Å². The van der Waals surface area contributed by atoms with Crippen molar-refractivity contribution < 1.29 is 4.74 Å². The van der Waals surface area contributed by atoms with Gasteiger partial charge in [0.25, 0.3) is 0 Å². The first-order valence-corrected chi connectivity index (χ1v) is 7.80. The summed E-state index contributed by atoms with van der Waals surface area (Å²) in [6.45, 7) is 6.26. The highest BCUT2D eigenvalue weighted by atomic mass is 16.5. The van der Waals surface area contributed by atoms with Crippen LogP contribution >= 0.6 is 0 Å². The van der Waals surface area contributed by atoms with E-state index in [4.69, 9.17) is 4.74 Å². The highest BCUT2D eigenvalue weighted by Crippen LogP contribution is 2.30. The third-order valence-electron chi connectivity index (χ3n) is 4.10. The molecular weight excluding hydrogens is 234 g/mol. The molecule has 0 spiro atoms. The SMILES string of the molecule is CCNC(CC)c1ccccc1OCC1CCCC1. The van der Waals surface area contributed by atoms with Crippen LogP contribution in [0.1, 0.15) is 57.6 Å². The van der Waals surface area contributed by atoms with Gasteiger partial charge in [0, 0.05) is 11.6 Å². The van der Waals surface area contributed by atoms with Gasteiger partial charge in [-0.25, -0.2) is 0 Å². The van der Waals surface area contributed by atoms with E-state index in [2.05, 4.69) is 43.4 Å². The zero-order valence-electron chi connectivity index (χ0n) is 12.3. The minimum atomic E-state index is 0.407. The normalized spacial score (nSPS) is 17.6. The minimum absolute atomic E-state index is 0.407. The van der Waals surface area contributed by atoms with Crippen molar-refractivity contribution >= 4 is 0 Å². The fourth-order valence-corrected chi connectivity index (χ4v) is 3.01. The summed E-state index contributed by atoms with van der Waals surface area (Å²) in [5, 5.41) is 3.54. The topological polar surface area (TPSA) is 21.3 Å². The van der Waals surface area contributed by atoms with E-state index in [9.17, 15) is 0 Å². The highest BCUT2D eigenvalue weighted by Gasteiger charge is 2.17. The van der Waals surface area contributed by atoms with Gasteiger partial charge in [-0.3, -0.25) is 0 Å². The number of benzene rings is 1. The lowest BCUT2D eigenvalue weighted by Crippen LogP contribution is -2.21. The van der Waals surface area contributed by atoms with Crippen molar-refractivity contribution in [2.45, 2.75) is 52.0 Å². The zero-order valence-corrected chi connectivity index (χ0v) is 12.3. The Hall–Kier alpha value is -1.02. The van der Waals surface area contributed by atoms with Crippen LogP contribution in [0.4, 0.5) is 0 Å². The molecule has 2 nitrogen and oxygen atoms in total. The van der Waals surface area contributed by atoms with Gasteiger partial charge in [-0.2, -0.15) is 0 Å². The largest absolute Gasteiger partial charge is 0.493 e. The van der Waals surface area contributed by atoms with Crippen LogP contribution in [-0.4, -0.2) is 13.2 Å². The molecular formula is C17H27NO. The van der Waals surface area contributed by atoms with Crippen LogP contribution in [0.25, 0.3) is 0 Å². The molecule has 0 aromatic heterocycles. The van der Waals surface area contributed by atoms with Gasteiger partial charge in [0.2, 0.25) is 0 Å². The Bertz CT molecular complexity index is 371. The Labute approximate surface area is 117 Å². The third kappa shape index (κ3) is 3.97. The maximum Gasteiger partial charge on any atom is 0.124 e. The summed E-state index contributed by atoms with van der Waals surface area (Å²) in [4.78, 5) is 0. The van der Waals surface area contributed by atoms with Gasteiger partial charge < -0.3 is 10.1 Å². The first-order valence-electron chi connectivity index (χ1n) is 7.80.